The molecule has 2 rings (SSSR count). The Hall–Kier alpha value is -0.960. The minimum Gasteiger partial charge on any atom is -0.313 e. The number of benzene rings is 1. The highest BCUT2D eigenvalue weighted by atomic mass is 19.1. The molecule has 0 aromatic heterocycles. The maximum atomic E-state index is 13.9. The average Bonchev–Trinajstić information content (AvgIpc) is 2.94. The molecule has 3 unspecified atom stereocenters. The van der Waals surface area contributed by atoms with E-state index in [0.717, 1.165) is 24.9 Å². The Morgan fingerprint density at radius 3 is 2.67 bits per heavy atom. The van der Waals surface area contributed by atoms with E-state index in [1.54, 1.807) is 6.07 Å². The summed E-state index contributed by atoms with van der Waals surface area (Å²) in [5.41, 5.74) is 0.630. The highest BCUT2D eigenvalue weighted by molar-refractivity contribution is 5.20. The molecule has 3 atom stereocenters. The van der Waals surface area contributed by atoms with Crippen LogP contribution >= 0.6 is 0 Å². The van der Waals surface area contributed by atoms with Gasteiger partial charge in [0.05, 0.1) is 0 Å². The third kappa shape index (κ3) is 4.50. The zero-order valence-corrected chi connectivity index (χ0v) is 13.2. The minimum absolute atomic E-state index is 0.307. The lowest BCUT2D eigenvalue weighted by atomic mass is 9.90. The Kier molecular flexibility index (Phi) is 6.16. The smallest absolute Gasteiger partial charge is 0.129 e. The van der Waals surface area contributed by atoms with Crippen LogP contribution < -0.4 is 5.32 Å². The molecule has 1 aliphatic carbocycles. The van der Waals surface area contributed by atoms with E-state index in [2.05, 4.69) is 19.2 Å². The van der Waals surface area contributed by atoms with Gasteiger partial charge < -0.3 is 5.32 Å². The van der Waals surface area contributed by atoms with Crippen LogP contribution in [0.15, 0.2) is 18.2 Å². The summed E-state index contributed by atoms with van der Waals surface area (Å²) in [5.74, 6) is 0.523. The highest BCUT2D eigenvalue weighted by Crippen LogP contribution is 2.36. The molecule has 1 N–H and O–H groups in total. The molecule has 1 saturated carbocycles. The monoisotopic (exact) mass is 295 g/mol. The van der Waals surface area contributed by atoms with Crippen LogP contribution in [0.25, 0.3) is 0 Å². The summed E-state index contributed by atoms with van der Waals surface area (Å²) in [6.07, 6.45) is 6.72. The van der Waals surface area contributed by atoms with Gasteiger partial charge in [0.2, 0.25) is 0 Å². The standard InChI is InChI=1S/C18H27F2N/c1-3-9-21-18(15-6-5-13(4-2)10-15)11-14-7-8-16(19)12-17(14)20/h7-8,12-13,15,18,21H,3-6,9-11H2,1-2H3. The van der Waals surface area contributed by atoms with Gasteiger partial charge in [-0.05, 0) is 55.7 Å². The molecule has 118 valence electrons. The van der Waals surface area contributed by atoms with Gasteiger partial charge >= 0.3 is 0 Å². The van der Waals surface area contributed by atoms with E-state index < -0.39 is 11.6 Å². The van der Waals surface area contributed by atoms with Crippen molar-refractivity contribution in [2.24, 2.45) is 11.8 Å². The van der Waals surface area contributed by atoms with E-state index in [9.17, 15) is 8.78 Å². The molecule has 0 bridgehead atoms. The van der Waals surface area contributed by atoms with Crippen molar-refractivity contribution in [3.8, 4) is 0 Å². The third-order valence-electron chi connectivity index (χ3n) is 4.84. The van der Waals surface area contributed by atoms with E-state index in [-0.39, 0.29) is 0 Å². The first kappa shape index (κ1) is 16.4. The van der Waals surface area contributed by atoms with Gasteiger partial charge in [-0.15, -0.1) is 0 Å². The van der Waals surface area contributed by atoms with Gasteiger partial charge in [-0.1, -0.05) is 32.8 Å². The van der Waals surface area contributed by atoms with Crippen LogP contribution in [0.1, 0.15) is 51.5 Å². The minimum atomic E-state index is -0.499. The second kappa shape index (κ2) is 7.88. The van der Waals surface area contributed by atoms with E-state index in [0.29, 0.717) is 23.9 Å². The van der Waals surface area contributed by atoms with E-state index >= 15 is 0 Å². The summed E-state index contributed by atoms with van der Waals surface area (Å²) in [7, 11) is 0. The van der Waals surface area contributed by atoms with Crippen molar-refractivity contribution in [1.29, 1.82) is 0 Å². The number of nitrogens with one attached hydrogen (secondary N) is 1. The number of hydrogen-bond acceptors (Lipinski definition) is 1. The van der Waals surface area contributed by atoms with Crippen LogP contribution in [-0.2, 0) is 6.42 Å². The number of rotatable bonds is 7. The van der Waals surface area contributed by atoms with Gasteiger partial charge in [-0.2, -0.15) is 0 Å². The summed E-state index contributed by atoms with van der Waals surface area (Å²) >= 11 is 0. The fourth-order valence-electron chi connectivity index (χ4n) is 3.51. The first-order valence-corrected chi connectivity index (χ1v) is 8.31. The Morgan fingerprint density at radius 1 is 1.24 bits per heavy atom. The van der Waals surface area contributed by atoms with Crippen molar-refractivity contribution in [3.63, 3.8) is 0 Å². The summed E-state index contributed by atoms with van der Waals surface area (Å²) in [4.78, 5) is 0. The molecular formula is C18H27F2N. The Labute approximate surface area is 127 Å². The first-order chi connectivity index (χ1) is 10.1. The van der Waals surface area contributed by atoms with Crippen LogP contribution in [-0.4, -0.2) is 12.6 Å². The fraction of sp³-hybridized carbons (Fsp3) is 0.667. The van der Waals surface area contributed by atoms with Crippen molar-refractivity contribution in [1.82, 2.24) is 5.32 Å². The predicted octanol–water partition coefficient (Wildman–Crippen LogP) is 4.70. The molecule has 21 heavy (non-hydrogen) atoms. The van der Waals surface area contributed by atoms with Gasteiger partial charge in [-0.3, -0.25) is 0 Å². The number of halogens is 2. The zero-order chi connectivity index (χ0) is 15.2. The maximum absolute atomic E-state index is 13.9. The highest BCUT2D eigenvalue weighted by Gasteiger charge is 2.30. The molecule has 3 heteroatoms. The molecular weight excluding hydrogens is 268 g/mol. The Balaban J connectivity index is 2.05. The zero-order valence-electron chi connectivity index (χ0n) is 13.2. The first-order valence-electron chi connectivity index (χ1n) is 8.31. The molecule has 0 heterocycles. The normalized spacial score (nSPS) is 23.4. The third-order valence-corrected chi connectivity index (χ3v) is 4.84. The molecule has 0 radical (unpaired) electrons. The van der Waals surface area contributed by atoms with Crippen LogP contribution in [0.5, 0.6) is 0 Å². The second-order valence-electron chi connectivity index (χ2n) is 6.35. The largest absolute Gasteiger partial charge is 0.313 e. The van der Waals surface area contributed by atoms with Gasteiger partial charge in [0.1, 0.15) is 11.6 Å². The molecule has 0 amide bonds. The quantitative estimate of drug-likeness (QED) is 0.768. The molecule has 1 nitrogen and oxygen atoms in total. The van der Waals surface area contributed by atoms with Gasteiger partial charge in [-0.25, -0.2) is 8.78 Å². The van der Waals surface area contributed by atoms with Crippen molar-refractivity contribution in [2.75, 3.05) is 6.54 Å². The molecule has 1 aromatic carbocycles. The van der Waals surface area contributed by atoms with Crippen LogP contribution in [0.2, 0.25) is 0 Å². The van der Waals surface area contributed by atoms with Gasteiger partial charge in [0, 0.05) is 12.1 Å². The number of hydrogen-bond donors (Lipinski definition) is 1. The summed E-state index contributed by atoms with van der Waals surface area (Å²) in [5, 5.41) is 3.59. The van der Waals surface area contributed by atoms with Gasteiger partial charge in [0.25, 0.3) is 0 Å². The molecule has 0 aliphatic heterocycles. The van der Waals surface area contributed by atoms with Gasteiger partial charge in [0.15, 0.2) is 0 Å². The van der Waals surface area contributed by atoms with Crippen molar-refractivity contribution < 1.29 is 8.78 Å². The van der Waals surface area contributed by atoms with Crippen LogP contribution in [0, 0.1) is 23.5 Å². The molecule has 1 aromatic rings. The van der Waals surface area contributed by atoms with Crippen LogP contribution in [0.3, 0.4) is 0 Å². The van der Waals surface area contributed by atoms with E-state index in [1.807, 2.05) is 0 Å². The Morgan fingerprint density at radius 2 is 2.05 bits per heavy atom. The van der Waals surface area contributed by atoms with Crippen molar-refractivity contribution >= 4 is 0 Å². The lowest BCUT2D eigenvalue weighted by Gasteiger charge is -2.25. The maximum Gasteiger partial charge on any atom is 0.129 e. The van der Waals surface area contributed by atoms with Crippen molar-refractivity contribution in [3.05, 3.63) is 35.4 Å². The summed E-state index contributed by atoms with van der Waals surface area (Å²) in [6.45, 7) is 5.36. The van der Waals surface area contributed by atoms with E-state index in [1.165, 1.54) is 31.7 Å². The lowest BCUT2D eigenvalue weighted by molar-refractivity contribution is 0.341. The molecule has 1 fully saturated rings. The lowest BCUT2D eigenvalue weighted by Crippen LogP contribution is -2.38. The topological polar surface area (TPSA) is 12.0 Å². The molecule has 1 aliphatic rings. The molecule has 0 spiro atoms. The predicted molar refractivity (Wildman–Crippen MR) is 83.3 cm³/mol. The average molecular weight is 295 g/mol. The van der Waals surface area contributed by atoms with Crippen molar-refractivity contribution in [2.45, 2.75) is 58.4 Å². The molecule has 0 saturated heterocycles. The van der Waals surface area contributed by atoms with Crippen LogP contribution in [0.4, 0.5) is 8.78 Å². The SMILES string of the molecule is CCCNC(Cc1ccc(F)cc1F)C1CCC(CC)C1. The summed E-state index contributed by atoms with van der Waals surface area (Å²) in [6, 6.07) is 4.26. The second-order valence-corrected chi connectivity index (χ2v) is 6.35. The summed E-state index contributed by atoms with van der Waals surface area (Å²) < 4.78 is 26.9. The Bertz CT molecular complexity index is 447. The van der Waals surface area contributed by atoms with E-state index in [4.69, 9.17) is 0 Å². The fourth-order valence-corrected chi connectivity index (χ4v) is 3.51.